The molecule has 2 aromatic rings. The lowest BCUT2D eigenvalue weighted by Crippen LogP contribution is -2.56. The number of rotatable bonds is 6. The molecule has 1 aliphatic heterocycles. The Balaban J connectivity index is 1.80. The van der Waals surface area contributed by atoms with Gasteiger partial charge in [-0.05, 0) is 46.0 Å². The van der Waals surface area contributed by atoms with Gasteiger partial charge in [0.15, 0.2) is 11.4 Å². The molecule has 1 aromatic heterocycles. The number of aromatic nitrogens is 3. The van der Waals surface area contributed by atoms with E-state index < -0.39 is 5.60 Å². The van der Waals surface area contributed by atoms with Crippen LogP contribution in [-0.4, -0.2) is 51.3 Å². The first kappa shape index (κ1) is 19.4. The zero-order valence-electron chi connectivity index (χ0n) is 16.6. The lowest BCUT2D eigenvalue weighted by molar-refractivity contribution is -0.150. The Labute approximate surface area is 160 Å². The summed E-state index contributed by atoms with van der Waals surface area (Å²) >= 11 is 0. The van der Waals surface area contributed by atoms with Crippen molar-refractivity contribution in [2.45, 2.75) is 51.8 Å². The van der Waals surface area contributed by atoms with Crippen molar-refractivity contribution in [2.24, 2.45) is 0 Å². The van der Waals surface area contributed by atoms with Gasteiger partial charge in [-0.1, -0.05) is 17.7 Å². The molecule has 0 radical (unpaired) electrons. The Kier molecular flexibility index (Phi) is 5.79. The van der Waals surface area contributed by atoms with E-state index in [9.17, 15) is 4.79 Å². The molecule has 1 N–H and O–H groups in total. The van der Waals surface area contributed by atoms with Crippen LogP contribution in [0.25, 0.3) is 0 Å². The molecule has 0 spiro atoms. The fraction of sp³-hybridized carbons (Fsp3) is 0.550. The molecule has 0 bridgehead atoms. The Hall–Kier alpha value is -2.41. The summed E-state index contributed by atoms with van der Waals surface area (Å²) in [4.78, 5) is 15.1. The Morgan fingerprint density at radius 1 is 1.30 bits per heavy atom. The predicted molar refractivity (Wildman–Crippen MR) is 104 cm³/mol. The van der Waals surface area contributed by atoms with Gasteiger partial charge in [0.25, 0.3) is 5.91 Å². The number of ether oxygens (including phenoxy) is 1. The molecule has 0 unspecified atom stereocenters. The molecule has 7 nitrogen and oxygen atoms in total. The zero-order chi connectivity index (χ0) is 19.4. The lowest BCUT2D eigenvalue weighted by atomic mass is 9.90. The summed E-state index contributed by atoms with van der Waals surface area (Å²) in [5.41, 5.74) is 0.316. The standard InChI is InChI=1S/C20H29N5O2/c1-15(2)25-14-22-23-18(25)13-24(4)19(26)20(9-11-21-12-10-20)27-17-7-5-16(3)6-8-17/h5-8,14-15,21H,9-13H2,1-4H3. The van der Waals surface area contributed by atoms with E-state index in [1.807, 2.05) is 42.8 Å². The first-order valence-corrected chi connectivity index (χ1v) is 9.52. The molecule has 1 fully saturated rings. The van der Waals surface area contributed by atoms with Gasteiger partial charge < -0.3 is 19.5 Å². The summed E-state index contributed by atoms with van der Waals surface area (Å²) in [5, 5.41) is 11.5. The number of likely N-dealkylation sites (N-methyl/N-ethyl adjacent to an activating group) is 1. The van der Waals surface area contributed by atoms with E-state index in [-0.39, 0.29) is 11.9 Å². The van der Waals surface area contributed by atoms with E-state index in [0.717, 1.165) is 30.2 Å². The molecule has 2 heterocycles. The third kappa shape index (κ3) is 4.30. The molecule has 0 atom stereocenters. The number of benzene rings is 1. The van der Waals surface area contributed by atoms with Crippen molar-refractivity contribution in [1.29, 1.82) is 0 Å². The number of carbonyl (C=O) groups is 1. The first-order valence-electron chi connectivity index (χ1n) is 9.52. The molecule has 1 aliphatic rings. The highest BCUT2D eigenvalue weighted by Gasteiger charge is 2.44. The van der Waals surface area contributed by atoms with Crippen molar-refractivity contribution in [3.05, 3.63) is 42.0 Å². The third-order valence-electron chi connectivity index (χ3n) is 5.06. The summed E-state index contributed by atoms with van der Waals surface area (Å²) in [6.45, 7) is 8.10. The fourth-order valence-corrected chi connectivity index (χ4v) is 3.46. The van der Waals surface area contributed by atoms with E-state index in [1.54, 1.807) is 11.2 Å². The Bertz CT molecular complexity index is 763. The third-order valence-corrected chi connectivity index (χ3v) is 5.06. The van der Waals surface area contributed by atoms with Gasteiger partial charge >= 0.3 is 0 Å². The maximum absolute atomic E-state index is 13.4. The monoisotopic (exact) mass is 371 g/mol. The minimum absolute atomic E-state index is 0.0112. The van der Waals surface area contributed by atoms with Crippen LogP contribution in [0.2, 0.25) is 0 Å². The second-order valence-corrected chi connectivity index (χ2v) is 7.57. The van der Waals surface area contributed by atoms with Crippen LogP contribution in [-0.2, 0) is 11.3 Å². The molecule has 0 saturated carbocycles. The van der Waals surface area contributed by atoms with E-state index >= 15 is 0 Å². The summed E-state index contributed by atoms with van der Waals surface area (Å²) in [7, 11) is 1.81. The highest BCUT2D eigenvalue weighted by atomic mass is 16.5. The summed E-state index contributed by atoms with van der Waals surface area (Å²) in [5.74, 6) is 1.50. The average molecular weight is 371 g/mol. The van der Waals surface area contributed by atoms with E-state index in [2.05, 4.69) is 29.4 Å². The van der Waals surface area contributed by atoms with Crippen LogP contribution in [0.1, 0.15) is 44.1 Å². The largest absolute Gasteiger partial charge is 0.477 e. The number of piperidine rings is 1. The van der Waals surface area contributed by atoms with Gasteiger partial charge in [0.1, 0.15) is 12.1 Å². The number of carbonyl (C=O) groups excluding carboxylic acids is 1. The topological polar surface area (TPSA) is 72.3 Å². The highest BCUT2D eigenvalue weighted by Crippen LogP contribution is 2.29. The molecular weight excluding hydrogens is 342 g/mol. The number of aryl methyl sites for hydroxylation is 1. The van der Waals surface area contributed by atoms with Gasteiger partial charge in [-0.2, -0.15) is 0 Å². The minimum Gasteiger partial charge on any atom is -0.477 e. The van der Waals surface area contributed by atoms with Gasteiger partial charge in [-0.25, -0.2) is 0 Å². The second-order valence-electron chi connectivity index (χ2n) is 7.57. The van der Waals surface area contributed by atoms with Gasteiger partial charge in [-0.3, -0.25) is 4.79 Å². The van der Waals surface area contributed by atoms with Crippen molar-refractivity contribution in [1.82, 2.24) is 25.0 Å². The Morgan fingerprint density at radius 2 is 1.96 bits per heavy atom. The number of hydrogen-bond donors (Lipinski definition) is 1. The maximum atomic E-state index is 13.4. The minimum atomic E-state index is -0.849. The van der Waals surface area contributed by atoms with Gasteiger partial charge in [0.2, 0.25) is 0 Å². The SMILES string of the molecule is Cc1ccc(OC2(C(=O)N(C)Cc3nncn3C(C)C)CCNCC2)cc1. The van der Waals surface area contributed by atoms with Crippen LogP contribution < -0.4 is 10.1 Å². The van der Waals surface area contributed by atoms with Crippen LogP contribution >= 0.6 is 0 Å². The molecule has 3 rings (SSSR count). The summed E-state index contributed by atoms with van der Waals surface area (Å²) < 4.78 is 8.29. The number of nitrogens with one attached hydrogen (secondary N) is 1. The van der Waals surface area contributed by atoms with Crippen LogP contribution in [0, 0.1) is 6.92 Å². The predicted octanol–water partition coefficient (Wildman–Crippen LogP) is 2.33. The van der Waals surface area contributed by atoms with Gasteiger partial charge in [0, 0.05) is 25.9 Å². The molecule has 0 aliphatic carbocycles. The number of nitrogens with zero attached hydrogens (tertiary/aromatic N) is 4. The van der Waals surface area contributed by atoms with Crippen LogP contribution in [0.5, 0.6) is 5.75 Å². The zero-order valence-corrected chi connectivity index (χ0v) is 16.6. The van der Waals surface area contributed by atoms with Crippen molar-refractivity contribution in [3.63, 3.8) is 0 Å². The quantitative estimate of drug-likeness (QED) is 0.844. The second kappa shape index (κ2) is 8.08. The number of hydrogen-bond acceptors (Lipinski definition) is 5. The molecule has 1 saturated heterocycles. The van der Waals surface area contributed by atoms with E-state index in [4.69, 9.17) is 4.74 Å². The van der Waals surface area contributed by atoms with Crippen LogP contribution in [0.15, 0.2) is 30.6 Å². The summed E-state index contributed by atoms with van der Waals surface area (Å²) in [6.07, 6.45) is 2.99. The molecular formula is C20H29N5O2. The maximum Gasteiger partial charge on any atom is 0.267 e. The van der Waals surface area contributed by atoms with Gasteiger partial charge in [-0.15, -0.1) is 10.2 Å². The highest BCUT2D eigenvalue weighted by molar-refractivity contribution is 5.85. The van der Waals surface area contributed by atoms with Crippen molar-refractivity contribution < 1.29 is 9.53 Å². The van der Waals surface area contributed by atoms with E-state index in [0.29, 0.717) is 19.4 Å². The molecule has 27 heavy (non-hydrogen) atoms. The normalized spacial score (nSPS) is 16.3. The molecule has 146 valence electrons. The smallest absolute Gasteiger partial charge is 0.267 e. The molecule has 7 heteroatoms. The van der Waals surface area contributed by atoms with Crippen LogP contribution in [0.3, 0.4) is 0 Å². The summed E-state index contributed by atoms with van der Waals surface area (Å²) in [6, 6.07) is 8.12. The first-order chi connectivity index (χ1) is 12.9. The lowest BCUT2D eigenvalue weighted by Gasteiger charge is -2.39. The van der Waals surface area contributed by atoms with Crippen molar-refractivity contribution in [3.8, 4) is 5.75 Å². The molecule has 1 amide bonds. The van der Waals surface area contributed by atoms with Crippen LogP contribution in [0.4, 0.5) is 0 Å². The number of amides is 1. The Morgan fingerprint density at radius 3 is 2.59 bits per heavy atom. The molecule has 1 aromatic carbocycles. The van der Waals surface area contributed by atoms with E-state index in [1.165, 1.54) is 0 Å². The van der Waals surface area contributed by atoms with Crippen molar-refractivity contribution >= 4 is 5.91 Å². The fourth-order valence-electron chi connectivity index (χ4n) is 3.46. The van der Waals surface area contributed by atoms with Crippen molar-refractivity contribution in [2.75, 3.05) is 20.1 Å². The van der Waals surface area contributed by atoms with Gasteiger partial charge in [0.05, 0.1) is 6.54 Å². The average Bonchev–Trinajstić information content (AvgIpc) is 3.12.